The van der Waals surface area contributed by atoms with Gasteiger partial charge < -0.3 is 15.0 Å². The number of carbonyl (C=O) groups is 1. The Morgan fingerprint density at radius 3 is 2.86 bits per heavy atom. The topological polar surface area (TPSA) is 99.1 Å². The van der Waals surface area contributed by atoms with Crippen LogP contribution in [0.1, 0.15) is 12.6 Å². The lowest BCUT2D eigenvalue weighted by atomic mass is 10.3. The van der Waals surface area contributed by atoms with E-state index in [4.69, 9.17) is 0 Å². The molecular formula is C12H16N6O3. The molecule has 0 aliphatic rings. The largest absolute Gasteiger partial charge is 0.389 e. The van der Waals surface area contributed by atoms with Crippen LogP contribution >= 0.6 is 0 Å². The van der Waals surface area contributed by atoms with E-state index in [-0.39, 0.29) is 18.3 Å². The number of hydrogen-bond donors (Lipinski definition) is 0. The first-order valence-corrected chi connectivity index (χ1v) is 6.43. The van der Waals surface area contributed by atoms with Crippen molar-refractivity contribution in [2.75, 3.05) is 7.05 Å². The van der Waals surface area contributed by atoms with Crippen molar-refractivity contribution in [3.05, 3.63) is 40.3 Å². The van der Waals surface area contributed by atoms with Crippen LogP contribution in [0.2, 0.25) is 0 Å². The van der Waals surface area contributed by atoms with E-state index in [0.717, 1.165) is 12.2 Å². The zero-order valence-electron chi connectivity index (χ0n) is 11.8. The van der Waals surface area contributed by atoms with Crippen molar-refractivity contribution in [3.63, 3.8) is 0 Å². The number of nitrogens with zero attached hydrogens (tertiary/aromatic N) is 6. The minimum absolute atomic E-state index is 0.0371. The summed E-state index contributed by atoms with van der Waals surface area (Å²) in [6.07, 6.45) is 3.11. The Morgan fingerprint density at radius 2 is 2.24 bits per heavy atom. The van der Waals surface area contributed by atoms with Crippen LogP contribution in [-0.4, -0.2) is 42.3 Å². The molecule has 0 bridgehead atoms. The molecular weight excluding hydrogens is 276 g/mol. The lowest BCUT2D eigenvalue weighted by molar-refractivity contribution is -0.389. The first-order chi connectivity index (χ1) is 10.0. The van der Waals surface area contributed by atoms with Crippen molar-refractivity contribution in [1.82, 2.24) is 24.5 Å². The Balaban J connectivity index is 1.97. The number of nitro groups is 1. The lowest BCUT2D eigenvalue weighted by Gasteiger charge is -2.17. The van der Waals surface area contributed by atoms with Gasteiger partial charge in [0.05, 0.1) is 29.6 Å². The zero-order chi connectivity index (χ0) is 15.4. The lowest BCUT2D eigenvalue weighted by Crippen LogP contribution is -2.30. The summed E-state index contributed by atoms with van der Waals surface area (Å²) in [7, 11) is 1.67. The predicted molar refractivity (Wildman–Crippen MR) is 73.3 cm³/mol. The van der Waals surface area contributed by atoms with Crippen molar-refractivity contribution in [1.29, 1.82) is 0 Å². The van der Waals surface area contributed by atoms with Gasteiger partial charge >= 0.3 is 5.82 Å². The van der Waals surface area contributed by atoms with E-state index in [9.17, 15) is 14.9 Å². The molecule has 0 unspecified atom stereocenters. The summed E-state index contributed by atoms with van der Waals surface area (Å²) in [6, 6.07) is 3.12. The standard InChI is InChI=1S/C12H16N6O3/c1-3-17-10(4-6-13-17)8-15(2)12(19)9-16-7-5-11(14-16)18(20)21/h4-7H,3,8-9H2,1-2H3. The van der Waals surface area contributed by atoms with Crippen LogP contribution in [0.5, 0.6) is 0 Å². The van der Waals surface area contributed by atoms with Crippen LogP contribution in [-0.2, 0) is 24.4 Å². The van der Waals surface area contributed by atoms with Gasteiger partial charge in [-0.15, -0.1) is 0 Å². The van der Waals surface area contributed by atoms with Gasteiger partial charge in [-0.25, -0.2) is 0 Å². The molecule has 0 aliphatic carbocycles. The molecule has 0 aliphatic heterocycles. The zero-order valence-corrected chi connectivity index (χ0v) is 11.8. The summed E-state index contributed by atoms with van der Waals surface area (Å²) >= 11 is 0. The van der Waals surface area contributed by atoms with Gasteiger partial charge in [0.25, 0.3) is 0 Å². The summed E-state index contributed by atoms with van der Waals surface area (Å²) in [6.45, 7) is 3.09. The minimum Gasteiger partial charge on any atom is -0.358 e. The van der Waals surface area contributed by atoms with Crippen molar-refractivity contribution in [3.8, 4) is 0 Å². The molecule has 0 fully saturated rings. The third-order valence-corrected chi connectivity index (χ3v) is 3.04. The average Bonchev–Trinajstić information content (AvgIpc) is 3.07. The molecule has 0 N–H and O–H groups in total. The number of hydrogen-bond acceptors (Lipinski definition) is 5. The summed E-state index contributed by atoms with van der Waals surface area (Å²) in [5.41, 5.74) is 0.930. The number of aryl methyl sites for hydroxylation is 1. The molecule has 1 amide bonds. The molecule has 2 aromatic heterocycles. The molecule has 9 heteroatoms. The van der Waals surface area contributed by atoms with E-state index >= 15 is 0 Å². The highest BCUT2D eigenvalue weighted by molar-refractivity contribution is 5.75. The second-order valence-corrected chi connectivity index (χ2v) is 4.52. The van der Waals surface area contributed by atoms with Gasteiger partial charge in [0.15, 0.2) is 0 Å². The van der Waals surface area contributed by atoms with Gasteiger partial charge in [-0.1, -0.05) is 0 Å². The van der Waals surface area contributed by atoms with E-state index < -0.39 is 4.92 Å². The van der Waals surface area contributed by atoms with E-state index in [1.807, 2.05) is 17.7 Å². The summed E-state index contributed by atoms with van der Waals surface area (Å²) in [5, 5.41) is 18.4. The van der Waals surface area contributed by atoms with Crippen LogP contribution in [0.15, 0.2) is 24.5 Å². The van der Waals surface area contributed by atoms with E-state index in [1.54, 1.807) is 13.2 Å². The smallest absolute Gasteiger partial charge is 0.358 e. The molecule has 2 heterocycles. The van der Waals surface area contributed by atoms with Crippen LogP contribution in [0.3, 0.4) is 0 Å². The van der Waals surface area contributed by atoms with Crippen LogP contribution in [0.25, 0.3) is 0 Å². The first-order valence-electron chi connectivity index (χ1n) is 6.43. The maximum absolute atomic E-state index is 12.1. The maximum atomic E-state index is 12.1. The maximum Gasteiger partial charge on any atom is 0.389 e. The summed E-state index contributed by atoms with van der Waals surface area (Å²) in [4.78, 5) is 23.6. The monoisotopic (exact) mass is 292 g/mol. The highest BCUT2D eigenvalue weighted by Crippen LogP contribution is 2.07. The number of carbonyl (C=O) groups excluding carboxylic acids is 1. The predicted octanol–water partition coefficient (Wildman–Crippen LogP) is 0.666. The first kappa shape index (κ1) is 14.7. The molecule has 0 spiro atoms. The Hall–Kier alpha value is -2.71. The molecule has 112 valence electrons. The van der Waals surface area contributed by atoms with Gasteiger partial charge in [-0.05, 0) is 17.9 Å². The van der Waals surface area contributed by atoms with Gasteiger partial charge in [0.1, 0.15) is 6.54 Å². The summed E-state index contributed by atoms with van der Waals surface area (Å²) < 4.78 is 3.07. The Labute approximate surface area is 120 Å². The molecule has 0 saturated heterocycles. The van der Waals surface area contributed by atoms with Gasteiger partial charge in [0.2, 0.25) is 5.91 Å². The second kappa shape index (κ2) is 6.16. The van der Waals surface area contributed by atoms with Crippen molar-refractivity contribution < 1.29 is 9.72 Å². The number of aromatic nitrogens is 4. The molecule has 21 heavy (non-hydrogen) atoms. The normalized spacial score (nSPS) is 10.6. The highest BCUT2D eigenvalue weighted by atomic mass is 16.6. The Kier molecular flexibility index (Phi) is 4.31. The molecule has 0 aromatic carbocycles. The van der Waals surface area contributed by atoms with Crippen LogP contribution in [0.4, 0.5) is 5.82 Å². The quantitative estimate of drug-likeness (QED) is 0.575. The fourth-order valence-corrected chi connectivity index (χ4v) is 1.91. The molecule has 0 radical (unpaired) electrons. The minimum atomic E-state index is -0.593. The molecule has 2 aromatic rings. The number of likely N-dealkylation sites (N-methyl/N-ethyl adjacent to an activating group) is 1. The molecule has 2 rings (SSSR count). The SMILES string of the molecule is CCn1nccc1CN(C)C(=O)Cn1ccc([N+](=O)[O-])n1. The average molecular weight is 292 g/mol. The third kappa shape index (κ3) is 3.44. The second-order valence-electron chi connectivity index (χ2n) is 4.52. The van der Waals surface area contributed by atoms with Crippen molar-refractivity contribution in [2.45, 2.75) is 26.6 Å². The number of amides is 1. The van der Waals surface area contributed by atoms with Crippen molar-refractivity contribution >= 4 is 11.7 Å². The van der Waals surface area contributed by atoms with Gasteiger partial charge in [-0.2, -0.15) is 9.78 Å². The molecule has 9 nitrogen and oxygen atoms in total. The van der Waals surface area contributed by atoms with Crippen molar-refractivity contribution in [2.24, 2.45) is 0 Å². The number of rotatable bonds is 6. The van der Waals surface area contributed by atoms with E-state index in [1.165, 1.54) is 21.8 Å². The summed E-state index contributed by atoms with van der Waals surface area (Å²) in [5.74, 6) is -0.452. The van der Waals surface area contributed by atoms with Crippen LogP contribution in [0, 0.1) is 10.1 Å². The van der Waals surface area contributed by atoms with Crippen LogP contribution < -0.4 is 0 Å². The fourth-order valence-electron chi connectivity index (χ4n) is 1.91. The van der Waals surface area contributed by atoms with Gasteiger partial charge in [-0.3, -0.25) is 9.48 Å². The molecule has 0 saturated carbocycles. The Morgan fingerprint density at radius 1 is 1.48 bits per heavy atom. The van der Waals surface area contributed by atoms with E-state index in [2.05, 4.69) is 10.2 Å². The fraction of sp³-hybridized carbons (Fsp3) is 0.417. The Bertz CT molecular complexity index is 647. The third-order valence-electron chi connectivity index (χ3n) is 3.04. The van der Waals surface area contributed by atoms with E-state index in [0.29, 0.717) is 6.54 Å². The highest BCUT2D eigenvalue weighted by Gasteiger charge is 2.16. The molecule has 0 atom stereocenters. The van der Waals surface area contributed by atoms with Gasteiger partial charge in [0, 0.05) is 19.8 Å².